The van der Waals surface area contributed by atoms with Crippen molar-refractivity contribution in [3.8, 4) is 28.0 Å². The van der Waals surface area contributed by atoms with Crippen molar-refractivity contribution in [3.05, 3.63) is 56.8 Å². The van der Waals surface area contributed by atoms with Crippen molar-refractivity contribution in [1.29, 1.82) is 0 Å². The molecule has 1 N–H and O–H groups in total. The number of rotatable bonds is 6. The van der Waals surface area contributed by atoms with Crippen LogP contribution in [0.15, 0.2) is 34.4 Å². The van der Waals surface area contributed by atoms with E-state index in [1.807, 2.05) is 29.6 Å². The maximum atomic E-state index is 12.7. The largest absolute Gasteiger partial charge is 0.493 e. The molecule has 0 spiro atoms. The monoisotopic (exact) mass is 413 g/mol. The maximum Gasteiger partial charge on any atom is 0.255 e. The predicted molar refractivity (Wildman–Crippen MR) is 112 cm³/mol. The minimum Gasteiger partial charge on any atom is -0.493 e. The van der Waals surface area contributed by atoms with Gasteiger partial charge in [-0.15, -0.1) is 11.3 Å². The SMILES string of the molecule is COc1ccc(CN2CCc3nc(-c4cccs4)[nH]c(=O)c3C2)c(OC)c1OC. The van der Waals surface area contributed by atoms with Gasteiger partial charge in [0.05, 0.1) is 37.5 Å². The summed E-state index contributed by atoms with van der Waals surface area (Å²) in [7, 11) is 4.81. The Morgan fingerprint density at radius 1 is 1.14 bits per heavy atom. The quantitative estimate of drug-likeness (QED) is 0.669. The van der Waals surface area contributed by atoms with Crippen LogP contribution in [0.5, 0.6) is 17.2 Å². The van der Waals surface area contributed by atoms with Crippen LogP contribution in [-0.4, -0.2) is 42.7 Å². The van der Waals surface area contributed by atoms with E-state index in [4.69, 9.17) is 19.2 Å². The van der Waals surface area contributed by atoms with Crippen molar-refractivity contribution >= 4 is 11.3 Å². The van der Waals surface area contributed by atoms with Crippen LogP contribution in [0.2, 0.25) is 0 Å². The van der Waals surface area contributed by atoms with Crippen molar-refractivity contribution in [2.45, 2.75) is 19.5 Å². The van der Waals surface area contributed by atoms with Gasteiger partial charge < -0.3 is 19.2 Å². The molecule has 0 atom stereocenters. The number of aromatic amines is 1. The van der Waals surface area contributed by atoms with Crippen LogP contribution in [0, 0.1) is 0 Å². The van der Waals surface area contributed by atoms with Crippen LogP contribution in [0.4, 0.5) is 0 Å². The average Bonchev–Trinajstić information content (AvgIpc) is 3.28. The number of aromatic nitrogens is 2. The number of nitrogens with zero attached hydrogens (tertiary/aromatic N) is 2. The molecule has 2 aromatic heterocycles. The Balaban J connectivity index is 1.59. The second kappa shape index (κ2) is 8.26. The standard InChI is InChI=1S/C21H23N3O4S/c1-26-16-7-6-13(18(27-2)19(16)28-3)11-24-9-8-15-14(12-24)21(25)23-20(22-15)17-5-4-10-29-17/h4-7,10H,8-9,11-12H2,1-3H3,(H,22,23,25). The first kappa shape index (κ1) is 19.5. The van der Waals surface area contributed by atoms with E-state index >= 15 is 0 Å². The lowest BCUT2D eigenvalue weighted by Gasteiger charge is -2.28. The third-order valence-corrected chi connectivity index (χ3v) is 5.96. The first-order valence-corrected chi connectivity index (χ1v) is 10.2. The van der Waals surface area contributed by atoms with Gasteiger partial charge in [0.25, 0.3) is 5.56 Å². The first-order chi connectivity index (χ1) is 14.1. The van der Waals surface area contributed by atoms with E-state index in [1.165, 1.54) is 0 Å². The summed E-state index contributed by atoms with van der Waals surface area (Å²) >= 11 is 1.57. The summed E-state index contributed by atoms with van der Waals surface area (Å²) in [6.07, 6.45) is 0.729. The molecule has 0 bridgehead atoms. The number of ether oxygens (including phenoxy) is 3. The number of H-pyrrole nitrogens is 1. The van der Waals surface area contributed by atoms with Gasteiger partial charge in [-0.05, 0) is 17.5 Å². The molecule has 3 heterocycles. The van der Waals surface area contributed by atoms with E-state index in [1.54, 1.807) is 32.7 Å². The van der Waals surface area contributed by atoms with Crippen molar-refractivity contribution < 1.29 is 14.2 Å². The van der Waals surface area contributed by atoms with E-state index in [9.17, 15) is 4.79 Å². The molecular weight excluding hydrogens is 390 g/mol. The molecular formula is C21H23N3O4S. The average molecular weight is 413 g/mol. The van der Waals surface area contributed by atoms with Crippen LogP contribution in [0.25, 0.3) is 10.7 Å². The molecule has 0 aliphatic carbocycles. The molecule has 8 heteroatoms. The maximum absolute atomic E-state index is 12.7. The molecule has 1 aliphatic heterocycles. The fourth-order valence-corrected chi connectivity index (χ4v) is 4.34. The fourth-order valence-electron chi connectivity index (χ4n) is 3.67. The molecule has 1 aromatic carbocycles. The number of fused-ring (bicyclic) bond motifs is 1. The lowest BCUT2D eigenvalue weighted by Crippen LogP contribution is -2.35. The van der Waals surface area contributed by atoms with Gasteiger partial charge in [0.15, 0.2) is 17.3 Å². The van der Waals surface area contributed by atoms with Crippen LogP contribution in [0.1, 0.15) is 16.8 Å². The molecule has 1 aliphatic rings. The third kappa shape index (κ3) is 3.73. The molecule has 29 heavy (non-hydrogen) atoms. The number of benzene rings is 1. The summed E-state index contributed by atoms with van der Waals surface area (Å²) in [5.74, 6) is 2.50. The summed E-state index contributed by atoms with van der Waals surface area (Å²) in [5.41, 5.74) is 2.53. The summed E-state index contributed by atoms with van der Waals surface area (Å²) in [5, 5.41) is 1.98. The number of hydrogen-bond donors (Lipinski definition) is 1. The topological polar surface area (TPSA) is 76.7 Å². The first-order valence-electron chi connectivity index (χ1n) is 9.30. The second-order valence-electron chi connectivity index (χ2n) is 6.77. The highest BCUT2D eigenvalue weighted by Gasteiger charge is 2.24. The van der Waals surface area contributed by atoms with Crippen LogP contribution < -0.4 is 19.8 Å². The van der Waals surface area contributed by atoms with Gasteiger partial charge in [-0.1, -0.05) is 12.1 Å². The Kier molecular flexibility index (Phi) is 5.55. The van der Waals surface area contributed by atoms with Gasteiger partial charge in [-0.2, -0.15) is 0 Å². The molecule has 152 valence electrons. The predicted octanol–water partition coefficient (Wildman–Crippen LogP) is 3.08. The van der Waals surface area contributed by atoms with Crippen LogP contribution >= 0.6 is 11.3 Å². The number of nitrogens with one attached hydrogen (secondary N) is 1. The van der Waals surface area contributed by atoms with Crippen LogP contribution in [0.3, 0.4) is 0 Å². The van der Waals surface area contributed by atoms with Crippen molar-refractivity contribution in [1.82, 2.24) is 14.9 Å². The van der Waals surface area contributed by atoms with E-state index in [-0.39, 0.29) is 5.56 Å². The highest BCUT2D eigenvalue weighted by molar-refractivity contribution is 7.13. The molecule has 0 saturated carbocycles. The summed E-state index contributed by atoms with van der Waals surface area (Å²) in [6, 6.07) is 7.76. The molecule has 0 amide bonds. The molecule has 0 unspecified atom stereocenters. The number of thiophene rings is 1. The zero-order valence-corrected chi connectivity index (χ0v) is 17.5. The zero-order chi connectivity index (χ0) is 20.4. The van der Waals surface area contributed by atoms with Crippen LogP contribution in [-0.2, 0) is 19.5 Å². The van der Waals surface area contributed by atoms with Crippen molar-refractivity contribution in [3.63, 3.8) is 0 Å². The summed E-state index contributed by atoms with van der Waals surface area (Å²) in [4.78, 5) is 23.5. The number of hydrogen-bond acceptors (Lipinski definition) is 7. The van der Waals surface area contributed by atoms with Gasteiger partial charge in [0.2, 0.25) is 5.75 Å². The number of methoxy groups -OCH3 is 3. The zero-order valence-electron chi connectivity index (χ0n) is 16.7. The van der Waals surface area contributed by atoms with E-state index < -0.39 is 0 Å². The van der Waals surface area contributed by atoms with E-state index in [0.29, 0.717) is 36.2 Å². The Bertz CT molecular complexity index is 1060. The Morgan fingerprint density at radius 3 is 2.66 bits per heavy atom. The molecule has 0 radical (unpaired) electrons. The molecule has 3 aromatic rings. The second-order valence-corrected chi connectivity index (χ2v) is 7.72. The highest BCUT2D eigenvalue weighted by atomic mass is 32.1. The molecule has 0 fully saturated rings. The van der Waals surface area contributed by atoms with E-state index in [2.05, 4.69) is 9.88 Å². The third-order valence-electron chi connectivity index (χ3n) is 5.08. The Hall–Kier alpha value is -2.84. The van der Waals surface area contributed by atoms with Gasteiger partial charge >= 0.3 is 0 Å². The lowest BCUT2D eigenvalue weighted by molar-refractivity contribution is 0.236. The van der Waals surface area contributed by atoms with Crippen molar-refractivity contribution in [2.75, 3.05) is 27.9 Å². The normalized spacial score (nSPS) is 13.8. The van der Waals surface area contributed by atoms with Gasteiger partial charge in [0.1, 0.15) is 0 Å². The van der Waals surface area contributed by atoms with Gasteiger partial charge in [-0.25, -0.2) is 4.98 Å². The summed E-state index contributed by atoms with van der Waals surface area (Å²) in [6.45, 7) is 1.99. The van der Waals surface area contributed by atoms with Crippen molar-refractivity contribution in [2.24, 2.45) is 0 Å². The van der Waals surface area contributed by atoms with Gasteiger partial charge in [-0.3, -0.25) is 9.69 Å². The highest BCUT2D eigenvalue weighted by Crippen LogP contribution is 2.40. The summed E-state index contributed by atoms with van der Waals surface area (Å²) < 4.78 is 16.4. The van der Waals surface area contributed by atoms with Gasteiger partial charge in [0, 0.05) is 31.6 Å². The smallest absolute Gasteiger partial charge is 0.255 e. The lowest BCUT2D eigenvalue weighted by atomic mass is 10.1. The fraction of sp³-hybridized carbons (Fsp3) is 0.333. The minimum absolute atomic E-state index is 0.0672. The molecule has 7 nitrogen and oxygen atoms in total. The molecule has 4 rings (SSSR count). The minimum atomic E-state index is -0.0672. The van der Waals surface area contributed by atoms with E-state index in [0.717, 1.165) is 34.7 Å². The Labute approximate surface area is 172 Å². The molecule has 0 saturated heterocycles. The Morgan fingerprint density at radius 2 is 1.97 bits per heavy atom.